The van der Waals surface area contributed by atoms with E-state index >= 15 is 0 Å². The number of nitrogens with one attached hydrogen (secondary N) is 2. The Labute approximate surface area is 222 Å². The van der Waals surface area contributed by atoms with Crippen LogP contribution in [-0.4, -0.2) is 48.7 Å². The van der Waals surface area contributed by atoms with Gasteiger partial charge in [0.05, 0.1) is 36.8 Å². The largest absolute Gasteiger partial charge is 0.494 e. The first-order valence-corrected chi connectivity index (χ1v) is 12.8. The number of ether oxygens (including phenoxy) is 1. The lowest BCUT2D eigenvalue weighted by Gasteiger charge is -2.33. The van der Waals surface area contributed by atoms with E-state index in [1.54, 1.807) is 7.11 Å². The summed E-state index contributed by atoms with van der Waals surface area (Å²) < 4.78 is 5.74. The quantitative estimate of drug-likeness (QED) is 0.380. The molecule has 0 spiro atoms. The number of carbonyl (C=O) groups is 1. The van der Waals surface area contributed by atoms with Gasteiger partial charge in [0.2, 0.25) is 5.91 Å². The van der Waals surface area contributed by atoms with Gasteiger partial charge in [-0.1, -0.05) is 36.9 Å². The zero-order chi connectivity index (χ0) is 26.5. The van der Waals surface area contributed by atoms with Crippen molar-refractivity contribution in [3.8, 4) is 5.75 Å². The monoisotopic (exact) mass is 515 g/mol. The van der Waals surface area contributed by atoms with Crippen LogP contribution in [0.4, 0.5) is 28.7 Å². The van der Waals surface area contributed by atoms with E-state index in [9.17, 15) is 4.79 Å². The van der Waals surface area contributed by atoms with Crippen molar-refractivity contribution < 1.29 is 14.4 Å². The predicted molar refractivity (Wildman–Crippen MR) is 149 cm³/mol. The zero-order valence-corrected chi connectivity index (χ0v) is 21.5. The normalized spacial score (nSPS) is 17.8. The average molecular weight is 516 g/mol. The molecule has 0 aliphatic carbocycles. The molecule has 5 rings (SSSR count). The highest BCUT2D eigenvalue weighted by Gasteiger charge is 2.29. The van der Waals surface area contributed by atoms with E-state index in [4.69, 9.17) is 15.3 Å². The number of hydrogen-bond donors (Lipinski definition) is 3. The summed E-state index contributed by atoms with van der Waals surface area (Å²) in [5.41, 5.74) is 9.44. The number of rotatable bonds is 8. The van der Waals surface area contributed by atoms with Crippen LogP contribution in [0.3, 0.4) is 0 Å². The molecule has 4 N–H and O–H groups in total. The summed E-state index contributed by atoms with van der Waals surface area (Å²) in [4.78, 5) is 29.3. The standard InChI is InChI=1S/C28H33N7O3/c1-3-28(36)33-21-15-22(25(37-2)16-24(21)34-12-9-20(29)10-13-34)32-26-17-27(31-18-30-26)35-23(11-14-38-35)19-7-5-4-6-8-19/h3-8,15-18,20,23H,1,9-14,29H2,2H3,(H,33,36)(H,30,31,32)/t23-/m1/s1. The second-order valence-corrected chi connectivity index (χ2v) is 9.35. The highest BCUT2D eigenvalue weighted by Crippen LogP contribution is 2.40. The summed E-state index contributed by atoms with van der Waals surface area (Å²) in [6, 6.07) is 16.1. The lowest BCUT2D eigenvalue weighted by Crippen LogP contribution is -2.40. The third-order valence-corrected chi connectivity index (χ3v) is 6.87. The van der Waals surface area contributed by atoms with E-state index < -0.39 is 0 Å². The second-order valence-electron chi connectivity index (χ2n) is 9.35. The Morgan fingerprint density at radius 2 is 1.92 bits per heavy atom. The van der Waals surface area contributed by atoms with Crippen LogP contribution in [0.5, 0.6) is 5.75 Å². The van der Waals surface area contributed by atoms with Crippen molar-refractivity contribution in [1.82, 2.24) is 9.97 Å². The predicted octanol–water partition coefficient (Wildman–Crippen LogP) is 4.16. The molecule has 2 aliphatic rings. The minimum atomic E-state index is -0.293. The van der Waals surface area contributed by atoms with Crippen LogP contribution in [0.2, 0.25) is 0 Å². The molecular formula is C28H33N7O3. The number of aromatic nitrogens is 2. The van der Waals surface area contributed by atoms with Gasteiger partial charge in [-0.05, 0) is 30.5 Å². The van der Waals surface area contributed by atoms with Crippen LogP contribution in [0.15, 0.2) is 67.5 Å². The van der Waals surface area contributed by atoms with Crippen LogP contribution in [-0.2, 0) is 9.63 Å². The fourth-order valence-corrected chi connectivity index (χ4v) is 4.87. The molecule has 2 aliphatic heterocycles. The van der Waals surface area contributed by atoms with Crippen molar-refractivity contribution in [3.05, 3.63) is 73.1 Å². The molecule has 38 heavy (non-hydrogen) atoms. The Kier molecular flexibility index (Phi) is 7.71. The van der Waals surface area contributed by atoms with Crippen LogP contribution in [0, 0.1) is 0 Å². The molecule has 0 unspecified atom stereocenters. The third-order valence-electron chi connectivity index (χ3n) is 6.87. The number of hydroxylamine groups is 1. The fourth-order valence-electron chi connectivity index (χ4n) is 4.87. The molecule has 2 fully saturated rings. The van der Waals surface area contributed by atoms with Crippen molar-refractivity contribution in [3.63, 3.8) is 0 Å². The molecule has 0 bridgehead atoms. The highest BCUT2D eigenvalue weighted by atomic mass is 16.7. The number of carbonyl (C=O) groups excluding carboxylic acids is 1. The molecule has 198 valence electrons. The molecule has 10 heteroatoms. The Morgan fingerprint density at radius 1 is 1.13 bits per heavy atom. The van der Waals surface area contributed by atoms with E-state index in [1.807, 2.05) is 41.5 Å². The van der Waals surface area contributed by atoms with E-state index in [1.165, 1.54) is 12.4 Å². The summed E-state index contributed by atoms with van der Waals surface area (Å²) >= 11 is 0. The van der Waals surface area contributed by atoms with E-state index in [0.29, 0.717) is 35.4 Å². The summed E-state index contributed by atoms with van der Waals surface area (Å²) in [5.74, 6) is 1.53. The number of methoxy groups -OCH3 is 1. The van der Waals surface area contributed by atoms with Crippen molar-refractivity contribution in [1.29, 1.82) is 0 Å². The maximum Gasteiger partial charge on any atom is 0.247 e. The molecular weight excluding hydrogens is 482 g/mol. The van der Waals surface area contributed by atoms with Crippen molar-refractivity contribution in [2.45, 2.75) is 31.3 Å². The minimum absolute atomic E-state index is 0.0612. The number of benzene rings is 2. The fraction of sp³-hybridized carbons (Fsp3) is 0.321. The molecule has 2 saturated heterocycles. The molecule has 1 aromatic heterocycles. The van der Waals surface area contributed by atoms with Gasteiger partial charge in [-0.15, -0.1) is 0 Å². The Balaban J connectivity index is 1.44. The van der Waals surface area contributed by atoms with Gasteiger partial charge in [0.15, 0.2) is 5.82 Å². The lowest BCUT2D eigenvalue weighted by atomic mass is 10.0. The zero-order valence-electron chi connectivity index (χ0n) is 21.5. The highest BCUT2D eigenvalue weighted by molar-refractivity contribution is 6.02. The Morgan fingerprint density at radius 3 is 2.66 bits per heavy atom. The van der Waals surface area contributed by atoms with Crippen LogP contribution >= 0.6 is 0 Å². The van der Waals surface area contributed by atoms with Crippen LogP contribution in [0.25, 0.3) is 0 Å². The maximum atomic E-state index is 12.3. The summed E-state index contributed by atoms with van der Waals surface area (Å²) in [7, 11) is 1.62. The molecule has 1 atom stereocenters. The van der Waals surface area contributed by atoms with E-state index in [-0.39, 0.29) is 18.0 Å². The van der Waals surface area contributed by atoms with Gasteiger partial charge in [0.1, 0.15) is 17.9 Å². The van der Waals surface area contributed by atoms with Crippen molar-refractivity contribution in [2.24, 2.45) is 5.73 Å². The van der Waals surface area contributed by atoms with Gasteiger partial charge in [0, 0.05) is 37.7 Å². The number of amides is 1. The van der Waals surface area contributed by atoms with Gasteiger partial charge >= 0.3 is 0 Å². The van der Waals surface area contributed by atoms with Gasteiger partial charge in [-0.3, -0.25) is 9.63 Å². The summed E-state index contributed by atoms with van der Waals surface area (Å²) in [5, 5.41) is 8.11. The smallest absolute Gasteiger partial charge is 0.247 e. The average Bonchev–Trinajstić information content (AvgIpc) is 3.45. The van der Waals surface area contributed by atoms with Crippen molar-refractivity contribution in [2.75, 3.05) is 47.4 Å². The topological polar surface area (TPSA) is 118 Å². The summed E-state index contributed by atoms with van der Waals surface area (Å²) in [6.07, 6.45) is 5.37. The van der Waals surface area contributed by atoms with Crippen LogP contribution in [0.1, 0.15) is 30.9 Å². The second kappa shape index (κ2) is 11.5. The number of nitrogens with two attached hydrogens (primary N) is 1. The van der Waals surface area contributed by atoms with Gasteiger partial charge in [0.25, 0.3) is 0 Å². The minimum Gasteiger partial charge on any atom is -0.494 e. The molecule has 2 aromatic carbocycles. The Hall–Kier alpha value is -4.15. The third kappa shape index (κ3) is 5.56. The molecule has 1 amide bonds. The number of nitrogens with zero attached hydrogens (tertiary/aromatic N) is 4. The first kappa shape index (κ1) is 25.5. The van der Waals surface area contributed by atoms with E-state index in [0.717, 1.165) is 43.6 Å². The first-order valence-electron chi connectivity index (χ1n) is 12.8. The number of hydrogen-bond acceptors (Lipinski definition) is 9. The van der Waals surface area contributed by atoms with Crippen LogP contribution < -0.4 is 31.1 Å². The molecule has 3 aromatic rings. The van der Waals surface area contributed by atoms with E-state index in [2.05, 4.69) is 44.2 Å². The molecule has 10 nitrogen and oxygen atoms in total. The Bertz CT molecular complexity index is 1280. The molecule has 0 saturated carbocycles. The molecule has 3 heterocycles. The molecule has 0 radical (unpaired) electrons. The first-order chi connectivity index (χ1) is 18.6. The van der Waals surface area contributed by atoms with Gasteiger partial charge in [-0.25, -0.2) is 15.0 Å². The number of anilines is 5. The maximum absolute atomic E-state index is 12.3. The lowest BCUT2D eigenvalue weighted by molar-refractivity contribution is -0.111. The van der Waals surface area contributed by atoms with Gasteiger partial charge < -0.3 is 26.0 Å². The van der Waals surface area contributed by atoms with Gasteiger partial charge in [-0.2, -0.15) is 0 Å². The summed E-state index contributed by atoms with van der Waals surface area (Å²) in [6.45, 7) is 5.79. The number of piperidine rings is 1. The van der Waals surface area contributed by atoms with Crippen molar-refractivity contribution >= 4 is 34.6 Å². The SMILES string of the molecule is C=CC(=O)Nc1cc(Nc2cc(N3OCC[C@@H]3c3ccccc3)ncn2)c(OC)cc1N1CCC(N)CC1.